The van der Waals surface area contributed by atoms with Gasteiger partial charge in [-0.15, -0.1) is 0 Å². The third-order valence-corrected chi connectivity index (χ3v) is 5.23. The molecule has 3 N–H and O–H groups in total. The number of allylic oxidation sites excluding steroid dienone is 1. The molecule has 2 heterocycles. The van der Waals surface area contributed by atoms with Crippen molar-refractivity contribution in [2.24, 2.45) is 5.41 Å². The number of amides is 2. The summed E-state index contributed by atoms with van der Waals surface area (Å²) in [5.74, 6) is -1.66. The van der Waals surface area contributed by atoms with E-state index in [-0.39, 0.29) is 11.3 Å². The maximum Gasteiger partial charge on any atom is 0.252 e. The Hall–Kier alpha value is -1.48. The molecular weight excluding hydrogens is 388 g/mol. The first-order chi connectivity index (χ1) is 13.9. The van der Waals surface area contributed by atoms with E-state index in [9.17, 15) is 14.7 Å². The van der Waals surface area contributed by atoms with Gasteiger partial charge in [0.05, 0.1) is 0 Å². The van der Waals surface area contributed by atoms with E-state index in [1.54, 1.807) is 13.8 Å². The Bertz CT molecular complexity index is 628. The first-order valence-corrected chi connectivity index (χ1v) is 10.7. The molecule has 0 saturated carbocycles. The van der Waals surface area contributed by atoms with Crippen molar-refractivity contribution in [2.45, 2.75) is 96.5 Å². The van der Waals surface area contributed by atoms with Gasteiger partial charge in [0.2, 0.25) is 5.91 Å². The second kappa shape index (κ2) is 10.2. The van der Waals surface area contributed by atoms with Crippen molar-refractivity contribution in [1.29, 1.82) is 0 Å². The van der Waals surface area contributed by atoms with Crippen molar-refractivity contribution < 1.29 is 28.9 Å². The number of carbonyl (C=O) groups is 2. The van der Waals surface area contributed by atoms with Crippen LogP contribution in [0.1, 0.15) is 60.3 Å². The lowest BCUT2D eigenvalue weighted by atomic mass is 9.91. The van der Waals surface area contributed by atoms with Crippen LogP contribution < -0.4 is 10.6 Å². The molecule has 0 bridgehead atoms. The van der Waals surface area contributed by atoms with Crippen LogP contribution in [0.15, 0.2) is 12.2 Å². The zero-order valence-electron chi connectivity index (χ0n) is 19.1. The van der Waals surface area contributed by atoms with Crippen LogP contribution in [0.4, 0.5) is 0 Å². The van der Waals surface area contributed by atoms with Crippen LogP contribution in [0.25, 0.3) is 0 Å². The Morgan fingerprint density at radius 1 is 1.37 bits per heavy atom. The highest BCUT2D eigenvalue weighted by molar-refractivity contribution is 5.89. The van der Waals surface area contributed by atoms with Gasteiger partial charge in [-0.3, -0.25) is 9.59 Å². The van der Waals surface area contributed by atoms with Crippen LogP contribution in [-0.2, 0) is 23.8 Å². The molecule has 2 fully saturated rings. The molecule has 172 valence electrons. The molecule has 0 aromatic carbocycles. The summed E-state index contributed by atoms with van der Waals surface area (Å²) in [5.41, 5.74) is 0.119. The van der Waals surface area contributed by atoms with E-state index in [2.05, 4.69) is 31.4 Å². The first-order valence-electron chi connectivity index (χ1n) is 10.7. The average molecular weight is 427 g/mol. The predicted molar refractivity (Wildman–Crippen MR) is 113 cm³/mol. The van der Waals surface area contributed by atoms with Crippen molar-refractivity contribution in [3.63, 3.8) is 0 Å². The maximum atomic E-state index is 12.8. The van der Waals surface area contributed by atoms with Gasteiger partial charge in [0.15, 0.2) is 11.9 Å². The van der Waals surface area contributed by atoms with E-state index in [1.165, 1.54) is 7.11 Å². The van der Waals surface area contributed by atoms with Crippen LogP contribution in [0.2, 0.25) is 0 Å². The van der Waals surface area contributed by atoms with E-state index in [1.807, 2.05) is 12.2 Å². The summed E-state index contributed by atoms with van der Waals surface area (Å²) >= 11 is 0. The summed E-state index contributed by atoms with van der Waals surface area (Å²) < 4.78 is 17.2. The summed E-state index contributed by atoms with van der Waals surface area (Å²) in [6.07, 6.45) is 3.21. The van der Waals surface area contributed by atoms with Gasteiger partial charge in [-0.05, 0) is 44.9 Å². The Morgan fingerprint density at radius 2 is 2.07 bits per heavy atom. The molecule has 0 radical (unpaired) electrons. The van der Waals surface area contributed by atoms with Gasteiger partial charge in [0.1, 0.15) is 24.4 Å². The number of methoxy groups -OCH3 is 1. The van der Waals surface area contributed by atoms with E-state index in [0.29, 0.717) is 13.0 Å². The van der Waals surface area contributed by atoms with Gasteiger partial charge >= 0.3 is 0 Å². The molecule has 0 spiro atoms. The van der Waals surface area contributed by atoms with E-state index < -0.39 is 42.2 Å². The number of carbonyl (C=O) groups excluding carboxylic acids is 2. The number of aliphatic hydroxyl groups excluding tert-OH is 1. The predicted octanol–water partition coefficient (Wildman–Crippen LogP) is 1.66. The zero-order chi connectivity index (χ0) is 22.5. The molecule has 2 amide bonds. The summed E-state index contributed by atoms with van der Waals surface area (Å²) in [4.78, 5) is 25.0. The summed E-state index contributed by atoms with van der Waals surface area (Å²) in [7, 11) is 1.35. The second-order valence-electron chi connectivity index (χ2n) is 9.75. The molecule has 0 aliphatic carbocycles. The molecule has 2 rings (SSSR count). The van der Waals surface area contributed by atoms with Crippen LogP contribution in [0, 0.1) is 5.41 Å². The van der Waals surface area contributed by atoms with Crippen molar-refractivity contribution >= 4 is 11.8 Å². The second-order valence-corrected chi connectivity index (χ2v) is 9.75. The minimum atomic E-state index is -1.27. The maximum absolute atomic E-state index is 12.8. The SMILES string of the molecule is CO[C@@H](C(=O)N[C@H]1CCCCNC1=O)[C@H](O)[C@H]1OC(C)(C)O[C@@H]1/C=C/CC(C)(C)C. The molecule has 2 aliphatic rings. The van der Waals surface area contributed by atoms with Gasteiger partial charge < -0.3 is 30.0 Å². The van der Waals surface area contributed by atoms with E-state index in [0.717, 1.165) is 19.3 Å². The molecular formula is C22H38N2O6. The fourth-order valence-electron chi connectivity index (χ4n) is 3.69. The molecule has 2 saturated heterocycles. The van der Waals surface area contributed by atoms with Gasteiger partial charge in [0.25, 0.3) is 5.91 Å². The molecule has 5 atom stereocenters. The van der Waals surface area contributed by atoms with E-state index in [4.69, 9.17) is 14.2 Å². The number of ether oxygens (including phenoxy) is 3. The molecule has 0 aromatic rings. The Balaban J connectivity index is 2.09. The van der Waals surface area contributed by atoms with Crippen molar-refractivity contribution in [3.05, 3.63) is 12.2 Å². The molecule has 8 nitrogen and oxygen atoms in total. The lowest BCUT2D eigenvalue weighted by molar-refractivity contribution is -0.169. The average Bonchev–Trinajstić information content (AvgIpc) is 2.79. The van der Waals surface area contributed by atoms with E-state index >= 15 is 0 Å². The van der Waals surface area contributed by atoms with Crippen molar-refractivity contribution in [1.82, 2.24) is 10.6 Å². The monoisotopic (exact) mass is 426 g/mol. The highest BCUT2D eigenvalue weighted by Gasteiger charge is 2.47. The number of aliphatic hydroxyl groups is 1. The Morgan fingerprint density at radius 3 is 2.70 bits per heavy atom. The fraction of sp³-hybridized carbons (Fsp3) is 0.818. The molecule has 0 aromatic heterocycles. The lowest BCUT2D eigenvalue weighted by Gasteiger charge is -2.28. The van der Waals surface area contributed by atoms with Crippen LogP contribution in [0.5, 0.6) is 0 Å². The highest BCUT2D eigenvalue weighted by atomic mass is 16.8. The Kier molecular flexibility index (Phi) is 8.44. The van der Waals surface area contributed by atoms with Crippen LogP contribution in [0.3, 0.4) is 0 Å². The minimum Gasteiger partial charge on any atom is -0.387 e. The number of hydrogen-bond donors (Lipinski definition) is 3. The molecule has 8 heteroatoms. The number of nitrogens with one attached hydrogen (secondary N) is 2. The molecule has 0 unspecified atom stereocenters. The van der Waals surface area contributed by atoms with Crippen LogP contribution in [-0.4, -0.2) is 66.8 Å². The third-order valence-electron chi connectivity index (χ3n) is 5.23. The molecule has 30 heavy (non-hydrogen) atoms. The third kappa shape index (κ3) is 7.04. The lowest BCUT2D eigenvalue weighted by Crippen LogP contribution is -2.55. The van der Waals surface area contributed by atoms with Gasteiger partial charge in [-0.1, -0.05) is 32.9 Å². The van der Waals surface area contributed by atoms with Gasteiger partial charge in [-0.25, -0.2) is 0 Å². The van der Waals surface area contributed by atoms with Crippen molar-refractivity contribution in [2.75, 3.05) is 13.7 Å². The summed E-state index contributed by atoms with van der Waals surface area (Å²) in [6, 6.07) is -0.635. The smallest absolute Gasteiger partial charge is 0.252 e. The minimum absolute atomic E-state index is 0.119. The summed E-state index contributed by atoms with van der Waals surface area (Å²) in [6.45, 7) is 10.5. The Labute approximate surface area is 179 Å². The van der Waals surface area contributed by atoms with Crippen molar-refractivity contribution in [3.8, 4) is 0 Å². The topological polar surface area (TPSA) is 106 Å². The van der Waals surface area contributed by atoms with Gasteiger partial charge in [0, 0.05) is 13.7 Å². The fourth-order valence-corrected chi connectivity index (χ4v) is 3.69. The quantitative estimate of drug-likeness (QED) is 0.535. The largest absolute Gasteiger partial charge is 0.387 e. The summed E-state index contributed by atoms with van der Waals surface area (Å²) in [5, 5.41) is 16.5. The van der Waals surface area contributed by atoms with Gasteiger partial charge in [-0.2, -0.15) is 0 Å². The normalized spacial score (nSPS) is 29.3. The highest BCUT2D eigenvalue weighted by Crippen LogP contribution is 2.32. The van der Waals surface area contributed by atoms with Crippen LogP contribution >= 0.6 is 0 Å². The zero-order valence-corrected chi connectivity index (χ0v) is 19.1. The number of rotatable bonds is 7. The number of hydrogen-bond acceptors (Lipinski definition) is 6. The molecule has 2 aliphatic heterocycles. The standard InChI is InChI=1S/C22H38N2O6/c1-21(2,3)12-9-11-15-17(30-22(4,5)29-15)16(25)18(28-6)20(27)24-14-10-7-8-13-23-19(14)26/h9,11,14-18,25H,7-8,10,12-13H2,1-6H3,(H,23,26)(H,24,27)/b11-9+/t14-,15+,16+,17-,18+/m0/s1. The first kappa shape index (κ1) is 24.8.